The first-order chi connectivity index (χ1) is 8.17. The van der Waals surface area contributed by atoms with Gasteiger partial charge in [0, 0.05) is 19.5 Å². The van der Waals surface area contributed by atoms with Crippen LogP contribution in [0.5, 0.6) is 0 Å². The standard InChI is InChI=1S/C12H16N2O3/c1-13-6-9(7-15)8-3-4-11-10(5-8)14(2)12(16)17-11/h3-5,9,13,15H,6-7H2,1-2H3. The molecule has 92 valence electrons. The van der Waals surface area contributed by atoms with E-state index in [9.17, 15) is 9.90 Å². The zero-order valence-corrected chi connectivity index (χ0v) is 9.93. The summed E-state index contributed by atoms with van der Waals surface area (Å²) in [5.41, 5.74) is 2.32. The number of fused-ring (bicyclic) bond motifs is 1. The van der Waals surface area contributed by atoms with Crippen LogP contribution in [0, 0.1) is 0 Å². The third kappa shape index (κ3) is 2.11. The number of rotatable bonds is 4. The molecule has 0 spiro atoms. The van der Waals surface area contributed by atoms with Gasteiger partial charge in [-0.3, -0.25) is 4.57 Å². The normalized spacial score (nSPS) is 13.1. The number of aliphatic hydroxyl groups is 1. The van der Waals surface area contributed by atoms with Crippen LogP contribution < -0.4 is 11.1 Å². The number of aromatic nitrogens is 1. The Labute approximate surface area is 98.7 Å². The van der Waals surface area contributed by atoms with Gasteiger partial charge in [0.2, 0.25) is 0 Å². The fourth-order valence-electron chi connectivity index (χ4n) is 1.93. The summed E-state index contributed by atoms with van der Waals surface area (Å²) in [6, 6.07) is 5.53. The Kier molecular flexibility index (Phi) is 3.31. The second-order valence-corrected chi connectivity index (χ2v) is 4.09. The highest BCUT2D eigenvalue weighted by molar-refractivity contribution is 5.73. The van der Waals surface area contributed by atoms with Crippen molar-refractivity contribution >= 4 is 11.1 Å². The number of hydrogen-bond acceptors (Lipinski definition) is 4. The summed E-state index contributed by atoms with van der Waals surface area (Å²) in [7, 11) is 3.51. The number of nitrogens with zero attached hydrogens (tertiary/aromatic N) is 1. The fourth-order valence-corrected chi connectivity index (χ4v) is 1.93. The van der Waals surface area contributed by atoms with E-state index in [2.05, 4.69) is 5.32 Å². The van der Waals surface area contributed by atoms with Crippen LogP contribution in [0.2, 0.25) is 0 Å². The largest absolute Gasteiger partial charge is 0.419 e. The van der Waals surface area contributed by atoms with Crippen molar-refractivity contribution in [2.24, 2.45) is 7.05 Å². The first-order valence-electron chi connectivity index (χ1n) is 5.52. The maximum atomic E-state index is 11.3. The topological polar surface area (TPSA) is 67.4 Å². The van der Waals surface area contributed by atoms with Gasteiger partial charge in [0.15, 0.2) is 5.58 Å². The van der Waals surface area contributed by atoms with Crippen LogP contribution in [0.1, 0.15) is 11.5 Å². The molecule has 0 saturated heterocycles. The Morgan fingerprint density at radius 1 is 1.53 bits per heavy atom. The molecular weight excluding hydrogens is 220 g/mol. The SMILES string of the molecule is CNCC(CO)c1ccc2oc(=O)n(C)c2c1. The van der Waals surface area contributed by atoms with Crippen LogP contribution in [-0.4, -0.2) is 29.9 Å². The predicted octanol–water partition coefficient (Wildman–Crippen LogP) is 0.427. The molecule has 2 rings (SSSR count). The number of aryl methyl sites for hydroxylation is 1. The zero-order valence-electron chi connectivity index (χ0n) is 9.93. The first kappa shape index (κ1) is 11.9. The molecule has 0 radical (unpaired) electrons. The molecule has 17 heavy (non-hydrogen) atoms. The third-order valence-electron chi connectivity index (χ3n) is 2.96. The van der Waals surface area contributed by atoms with E-state index >= 15 is 0 Å². The minimum absolute atomic E-state index is 0.0226. The van der Waals surface area contributed by atoms with Crippen LogP contribution in [0.15, 0.2) is 27.4 Å². The molecule has 1 unspecified atom stereocenters. The molecule has 5 nitrogen and oxygen atoms in total. The quantitative estimate of drug-likeness (QED) is 0.807. The number of nitrogens with one attached hydrogen (secondary N) is 1. The Morgan fingerprint density at radius 3 is 2.94 bits per heavy atom. The number of likely N-dealkylation sites (N-methyl/N-ethyl adjacent to an activating group) is 1. The fraction of sp³-hybridized carbons (Fsp3) is 0.417. The van der Waals surface area contributed by atoms with E-state index in [0.29, 0.717) is 12.1 Å². The molecule has 2 aromatic rings. The van der Waals surface area contributed by atoms with Gasteiger partial charge in [0.1, 0.15) is 0 Å². The number of benzene rings is 1. The van der Waals surface area contributed by atoms with Gasteiger partial charge in [-0.15, -0.1) is 0 Å². The van der Waals surface area contributed by atoms with Crippen LogP contribution >= 0.6 is 0 Å². The molecular formula is C12H16N2O3. The molecule has 0 amide bonds. The molecule has 5 heteroatoms. The van der Waals surface area contributed by atoms with Crippen LogP contribution in [0.25, 0.3) is 11.1 Å². The molecule has 0 aliphatic heterocycles. The van der Waals surface area contributed by atoms with Crippen molar-refractivity contribution in [3.8, 4) is 0 Å². The second kappa shape index (κ2) is 4.73. The Balaban J connectivity index is 2.49. The lowest BCUT2D eigenvalue weighted by molar-refractivity contribution is 0.263. The summed E-state index contributed by atoms with van der Waals surface area (Å²) in [4.78, 5) is 11.3. The number of aliphatic hydroxyl groups excluding tert-OH is 1. The van der Waals surface area contributed by atoms with Gasteiger partial charge in [-0.05, 0) is 24.7 Å². The van der Waals surface area contributed by atoms with E-state index < -0.39 is 0 Å². The molecule has 1 aromatic heterocycles. The molecule has 1 heterocycles. The van der Waals surface area contributed by atoms with Crippen molar-refractivity contribution in [3.63, 3.8) is 0 Å². The second-order valence-electron chi connectivity index (χ2n) is 4.09. The summed E-state index contributed by atoms with van der Waals surface area (Å²) in [6.45, 7) is 0.756. The maximum Gasteiger partial charge on any atom is 0.419 e. The van der Waals surface area contributed by atoms with Crippen molar-refractivity contribution in [2.75, 3.05) is 20.2 Å². The van der Waals surface area contributed by atoms with Gasteiger partial charge in [0.05, 0.1) is 12.1 Å². The Morgan fingerprint density at radius 2 is 2.29 bits per heavy atom. The van der Waals surface area contributed by atoms with Gasteiger partial charge < -0.3 is 14.8 Å². The number of hydrogen-bond donors (Lipinski definition) is 2. The van der Waals surface area contributed by atoms with E-state index in [0.717, 1.165) is 11.1 Å². The van der Waals surface area contributed by atoms with E-state index in [1.807, 2.05) is 19.2 Å². The highest BCUT2D eigenvalue weighted by Crippen LogP contribution is 2.20. The monoisotopic (exact) mass is 236 g/mol. The van der Waals surface area contributed by atoms with Crippen molar-refractivity contribution in [1.29, 1.82) is 0 Å². The van der Waals surface area contributed by atoms with Crippen LogP contribution in [0.3, 0.4) is 0 Å². The molecule has 1 atom stereocenters. The minimum atomic E-state index is -0.369. The summed E-state index contributed by atoms with van der Waals surface area (Å²) in [6.07, 6.45) is 0. The van der Waals surface area contributed by atoms with Gasteiger partial charge in [0.25, 0.3) is 0 Å². The highest BCUT2D eigenvalue weighted by atomic mass is 16.4. The summed E-state index contributed by atoms with van der Waals surface area (Å²) >= 11 is 0. The zero-order chi connectivity index (χ0) is 12.4. The highest BCUT2D eigenvalue weighted by Gasteiger charge is 2.12. The van der Waals surface area contributed by atoms with Gasteiger partial charge >= 0.3 is 5.76 Å². The lowest BCUT2D eigenvalue weighted by atomic mass is 9.99. The van der Waals surface area contributed by atoms with Crippen molar-refractivity contribution in [2.45, 2.75) is 5.92 Å². The average Bonchev–Trinajstić information content (AvgIpc) is 2.62. The summed E-state index contributed by atoms with van der Waals surface area (Å²) < 4.78 is 6.52. The van der Waals surface area contributed by atoms with Gasteiger partial charge in [-0.1, -0.05) is 6.07 Å². The lowest BCUT2D eigenvalue weighted by Crippen LogP contribution is -2.20. The van der Waals surface area contributed by atoms with E-state index in [4.69, 9.17) is 4.42 Å². The smallest absolute Gasteiger partial charge is 0.408 e. The van der Waals surface area contributed by atoms with Gasteiger partial charge in [-0.25, -0.2) is 4.79 Å². The van der Waals surface area contributed by atoms with Crippen molar-refractivity contribution < 1.29 is 9.52 Å². The predicted molar refractivity (Wildman–Crippen MR) is 65.2 cm³/mol. The third-order valence-corrected chi connectivity index (χ3v) is 2.96. The summed E-state index contributed by atoms with van der Waals surface area (Å²) in [5, 5.41) is 12.4. The van der Waals surface area contributed by atoms with E-state index in [-0.39, 0.29) is 18.3 Å². The maximum absolute atomic E-state index is 11.3. The Hall–Kier alpha value is -1.59. The van der Waals surface area contributed by atoms with E-state index in [1.54, 1.807) is 13.1 Å². The Bertz CT molecular complexity index is 571. The minimum Gasteiger partial charge on any atom is -0.408 e. The summed E-state index contributed by atoms with van der Waals surface area (Å²) in [5.74, 6) is -0.347. The van der Waals surface area contributed by atoms with Crippen molar-refractivity contribution in [1.82, 2.24) is 9.88 Å². The molecule has 0 aliphatic rings. The first-order valence-corrected chi connectivity index (χ1v) is 5.52. The number of oxazole rings is 1. The molecule has 0 fully saturated rings. The van der Waals surface area contributed by atoms with Crippen molar-refractivity contribution in [3.05, 3.63) is 34.3 Å². The van der Waals surface area contributed by atoms with Crippen LogP contribution in [-0.2, 0) is 7.05 Å². The van der Waals surface area contributed by atoms with Crippen LogP contribution in [0.4, 0.5) is 0 Å². The average molecular weight is 236 g/mol. The molecule has 0 aliphatic carbocycles. The molecule has 0 saturated carbocycles. The molecule has 1 aromatic carbocycles. The molecule has 0 bridgehead atoms. The van der Waals surface area contributed by atoms with Gasteiger partial charge in [-0.2, -0.15) is 0 Å². The lowest BCUT2D eigenvalue weighted by Gasteiger charge is -2.13. The molecule has 2 N–H and O–H groups in total. The van der Waals surface area contributed by atoms with E-state index in [1.165, 1.54) is 4.57 Å².